The number of non-ortho nitro benzene ring substituents is 2. The number of nitro groups is 2. The summed E-state index contributed by atoms with van der Waals surface area (Å²) in [5.41, 5.74) is -1.71. The van der Waals surface area contributed by atoms with E-state index in [1.807, 2.05) is 0 Å². The van der Waals surface area contributed by atoms with Gasteiger partial charge in [0.25, 0.3) is 11.4 Å². The molecule has 0 atom stereocenters. The highest BCUT2D eigenvalue weighted by Gasteiger charge is 2.22. The Morgan fingerprint density at radius 2 is 1.11 bits per heavy atom. The summed E-state index contributed by atoms with van der Waals surface area (Å²) in [6.07, 6.45) is 0.498. The second-order valence-electron chi connectivity index (χ2n) is 9.42. The van der Waals surface area contributed by atoms with Gasteiger partial charge < -0.3 is 29.3 Å². The van der Waals surface area contributed by atoms with Crippen molar-refractivity contribution >= 4 is 29.3 Å². The molecule has 0 saturated heterocycles. The van der Waals surface area contributed by atoms with E-state index < -0.39 is 44.6 Å². The number of carbonyl (C=O) groups excluding carboxylic acids is 1. The lowest BCUT2D eigenvalue weighted by atomic mass is 10.1. The molecule has 0 radical (unpaired) electrons. The summed E-state index contributed by atoms with van der Waals surface area (Å²) in [6.45, 7) is 0.232. The third-order valence-electron chi connectivity index (χ3n) is 6.25. The molecule has 0 unspecified atom stereocenters. The maximum absolute atomic E-state index is 12.5. The molecule has 0 aliphatic heterocycles. The van der Waals surface area contributed by atoms with Crippen LogP contribution in [0.15, 0.2) is 84.9 Å². The van der Waals surface area contributed by atoms with Gasteiger partial charge in [-0.25, -0.2) is 14.4 Å². The highest BCUT2D eigenvalue weighted by Crippen LogP contribution is 2.24. The van der Waals surface area contributed by atoms with Gasteiger partial charge in [0.2, 0.25) is 0 Å². The second-order valence-corrected chi connectivity index (χ2v) is 9.42. The number of nitro benzene ring substituents is 2. The maximum atomic E-state index is 12.5. The summed E-state index contributed by atoms with van der Waals surface area (Å²) in [5.74, 6) is -2.45. The molecular formula is C31H24N2O14. The Kier molecular flexibility index (Phi) is 11.0. The zero-order chi connectivity index (χ0) is 33.9. The van der Waals surface area contributed by atoms with Crippen LogP contribution in [0.2, 0.25) is 0 Å². The van der Waals surface area contributed by atoms with Gasteiger partial charge in [-0.05, 0) is 60.7 Å². The minimum atomic E-state index is -1.44. The Labute approximate surface area is 264 Å². The Bertz CT molecular complexity index is 1790. The minimum absolute atomic E-state index is 0.0698. The number of esters is 1. The first-order chi connectivity index (χ1) is 22.5. The van der Waals surface area contributed by atoms with Crippen LogP contribution in [0.25, 0.3) is 0 Å². The zero-order valence-electron chi connectivity index (χ0n) is 24.1. The molecule has 0 fully saturated rings. The summed E-state index contributed by atoms with van der Waals surface area (Å²) in [5, 5.41) is 40.6. The lowest BCUT2D eigenvalue weighted by Gasteiger charge is -2.10. The number of ether oxygens (including phenoxy) is 3. The van der Waals surface area contributed by atoms with Crippen molar-refractivity contribution in [1.82, 2.24) is 0 Å². The van der Waals surface area contributed by atoms with Crippen LogP contribution in [0, 0.1) is 20.2 Å². The van der Waals surface area contributed by atoms with Crippen molar-refractivity contribution in [1.29, 1.82) is 0 Å². The standard InChI is InChI=1S/C31H24N2O14/c34-29(35)26-12-2-20(32(39)40)16-19(26)18-45-47-25-10-6-23(7-11-25)44-15-1-14-43-22-4-8-24(9-5-22)46-31(38)28-17-21(33(41)42)3-13-27(28)30(36)37/h2-13,16-17H,1,14-15,18H2,(H,34,35)(H,36,37). The lowest BCUT2D eigenvalue weighted by molar-refractivity contribution is -0.385. The van der Waals surface area contributed by atoms with Gasteiger partial charge in [0.05, 0.1) is 39.8 Å². The highest BCUT2D eigenvalue weighted by molar-refractivity contribution is 6.03. The average molecular weight is 649 g/mol. The largest absolute Gasteiger partial charge is 0.493 e. The van der Waals surface area contributed by atoms with Crippen molar-refractivity contribution in [2.24, 2.45) is 0 Å². The number of hydrogen-bond acceptors (Lipinski definition) is 12. The minimum Gasteiger partial charge on any atom is -0.493 e. The van der Waals surface area contributed by atoms with Crippen LogP contribution in [-0.4, -0.2) is 51.2 Å². The SMILES string of the molecule is O=C(O)c1ccc([N+](=O)[O-])cc1COOc1ccc(OCCCOc2ccc(OC(=O)c3cc([N+](=O)[O-])ccc3C(=O)O)cc2)cc1. The van der Waals surface area contributed by atoms with Gasteiger partial charge in [-0.3, -0.25) is 20.2 Å². The molecule has 16 heteroatoms. The fraction of sp³-hybridized carbons (Fsp3) is 0.129. The van der Waals surface area contributed by atoms with Crippen molar-refractivity contribution in [2.75, 3.05) is 13.2 Å². The van der Waals surface area contributed by atoms with Crippen LogP contribution in [0.3, 0.4) is 0 Å². The first-order valence-electron chi connectivity index (χ1n) is 13.5. The third kappa shape index (κ3) is 9.22. The molecule has 4 aromatic carbocycles. The number of nitrogens with zero attached hydrogens (tertiary/aromatic N) is 2. The molecule has 0 amide bonds. The third-order valence-corrected chi connectivity index (χ3v) is 6.25. The summed E-state index contributed by atoms with van der Waals surface area (Å²) in [7, 11) is 0. The topological polar surface area (TPSA) is 224 Å². The molecular weight excluding hydrogens is 624 g/mol. The zero-order valence-corrected chi connectivity index (χ0v) is 24.1. The predicted molar refractivity (Wildman–Crippen MR) is 159 cm³/mol. The van der Waals surface area contributed by atoms with E-state index in [2.05, 4.69) is 0 Å². The van der Waals surface area contributed by atoms with Crippen LogP contribution >= 0.6 is 0 Å². The molecule has 0 bridgehead atoms. The number of carboxylic acid groups (broad SMARTS) is 2. The summed E-state index contributed by atoms with van der Waals surface area (Å²) in [6, 6.07) is 18.3. The molecule has 0 heterocycles. The monoisotopic (exact) mass is 648 g/mol. The van der Waals surface area contributed by atoms with E-state index in [0.717, 1.165) is 36.4 Å². The van der Waals surface area contributed by atoms with Crippen LogP contribution < -0.4 is 19.1 Å². The van der Waals surface area contributed by atoms with E-state index >= 15 is 0 Å². The van der Waals surface area contributed by atoms with Gasteiger partial charge in [0.15, 0.2) is 5.75 Å². The number of hydrogen-bond donors (Lipinski definition) is 2. The van der Waals surface area contributed by atoms with Gasteiger partial charge in [-0.15, -0.1) is 0 Å². The molecule has 0 aliphatic rings. The molecule has 16 nitrogen and oxygen atoms in total. The van der Waals surface area contributed by atoms with E-state index in [-0.39, 0.29) is 41.5 Å². The average Bonchev–Trinajstić information content (AvgIpc) is 3.05. The van der Waals surface area contributed by atoms with Crippen molar-refractivity contribution in [3.63, 3.8) is 0 Å². The van der Waals surface area contributed by atoms with E-state index in [4.69, 9.17) is 24.0 Å². The normalized spacial score (nSPS) is 10.5. The lowest BCUT2D eigenvalue weighted by Crippen LogP contribution is -2.14. The fourth-order valence-corrected chi connectivity index (χ4v) is 3.98. The first-order valence-corrected chi connectivity index (χ1v) is 13.5. The molecule has 0 spiro atoms. The van der Waals surface area contributed by atoms with Gasteiger partial charge >= 0.3 is 17.9 Å². The number of rotatable bonds is 16. The summed E-state index contributed by atoms with van der Waals surface area (Å²) >= 11 is 0. The van der Waals surface area contributed by atoms with E-state index in [9.17, 15) is 44.8 Å². The van der Waals surface area contributed by atoms with Crippen molar-refractivity contribution in [3.8, 4) is 23.0 Å². The number of aromatic carboxylic acids is 2. The number of carboxylic acids is 2. The van der Waals surface area contributed by atoms with Gasteiger partial charge in [-0.1, -0.05) is 0 Å². The molecule has 4 aromatic rings. The van der Waals surface area contributed by atoms with Crippen LogP contribution in [0.5, 0.6) is 23.0 Å². The van der Waals surface area contributed by atoms with Crippen molar-refractivity contribution < 1.29 is 58.4 Å². The number of carbonyl (C=O) groups is 3. The van der Waals surface area contributed by atoms with Crippen molar-refractivity contribution in [3.05, 3.63) is 127 Å². The molecule has 4 rings (SSSR count). The molecule has 0 aliphatic carbocycles. The van der Waals surface area contributed by atoms with E-state index in [1.165, 1.54) is 24.3 Å². The quantitative estimate of drug-likeness (QED) is 0.0383. The Morgan fingerprint density at radius 3 is 1.64 bits per heavy atom. The van der Waals surface area contributed by atoms with Crippen LogP contribution in [0.4, 0.5) is 11.4 Å². The fourth-order valence-electron chi connectivity index (χ4n) is 3.98. The van der Waals surface area contributed by atoms with Gasteiger partial charge in [-0.2, -0.15) is 4.89 Å². The van der Waals surface area contributed by atoms with E-state index in [0.29, 0.717) is 24.5 Å². The Morgan fingerprint density at radius 1 is 0.617 bits per heavy atom. The van der Waals surface area contributed by atoms with Gasteiger partial charge in [0.1, 0.15) is 23.9 Å². The van der Waals surface area contributed by atoms with Crippen LogP contribution in [0.1, 0.15) is 43.1 Å². The molecule has 242 valence electrons. The van der Waals surface area contributed by atoms with Gasteiger partial charge in [0, 0.05) is 36.2 Å². The summed E-state index contributed by atoms with van der Waals surface area (Å²) < 4.78 is 16.5. The highest BCUT2D eigenvalue weighted by atomic mass is 17.2. The summed E-state index contributed by atoms with van der Waals surface area (Å²) in [4.78, 5) is 66.2. The smallest absolute Gasteiger partial charge is 0.344 e. The van der Waals surface area contributed by atoms with Crippen LogP contribution in [-0.2, 0) is 11.5 Å². The second kappa shape index (κ2) is 15.4. The number of benzene rings is 4. The predicted octanol–water partition coefficient (Wildman–Crippen LogP) is 5.48. The van der Waals surface area contributed by atoms with E-state index in [1.54, 1.807) is 24.3 Å². The molecule has 0 saturated carbocycles. The molecule has 2 N–H and O–H groups in total. The Balaban J connectivity index is 1.19. The molecule has 47 heavy (non-hydrogen) atoms. The van der Waals surface area contributed by atoms with Crippen molar-refractivity contribution in [2.45, 2.75) is 13.0 Å². The maximum Gasteiger partial charge on any atom is 0.344 e. The Hall–Kier alpha value is -6.55. The first kappa shape index (κ1) is 33.3. The molecule has 0 aromatic heterocycles.